The van der Waals surface area contributed by atoms with Crippen LogP contribution in [0.1, 0.15) is 181 Å². The maximum absolute atomic E-state index is 5.50. The topological polar surface area (TPSA) is 9.23 Å². The van der Waals surface area contributed by atoms with Crippen LogP contribution in [-0.4, -0.2) is 6.61 Å². The van der Waals surface area contributed by atoms with Crippen molar-refractivity contribution in [3.63, 3.8) is 0 Å². The zero-order chi connectivity index (χ0) is 22.5. The van der Waals surface area contributed by atoms with E-state index in [1.807, 2.05) is 6.61 Å². The maximum atomic E-state index is 5.50. The molecule has 187 valence electrons. The van der Waals surface area contributed by atoms with Crippen molar-refractivity contribution in [3.05, 3.63) is 6.61 Å². The molecule has 0 bridgehead atoms. The van der Waals surface area contributed by atoms with Gasteiger partial charge in [0.05, 0.1) is 6.61 Å². The second-order valence-electron chi connectivity index (χ2n) is 9.96. The normalized spacial score (nSPS) is 11.4. The summed E-state index contributed by atoms with van der Waals surface area (Å²) in [6, 6.07) is 0. The predicted molar refractivity (Wildman–Crippen MR) is 142 cm³/mol. The highest BCUT2D eigenvalue weighted by Gasteiger charge is 1.96. The molecule has 0 unspecified atom stereocenters. The first kappa shape index (κ1) is 31.0. The minimum atomic E-state index is 0.913. The van der Waals surface area contributed by atoms with Gasteiger partial charge in [-0.15, -0.1) is 0 Å². The Balaban J connectivity index is 2.98. The summed E-state index contributed by atoms with van der Waals surface area (Å²) in [7, 11) is 0. The molecule has 0 spiro atoms. The van der Waals surface area contributed by atoms with Crippen molar-refractivity contribution in [1.82, 2.24) is 0 Å². The molecule has 0 aromatic carbocycles. The second-order valence-corrected chi connectivity index (χ2v) is 9.96. The van der Waals surface area contributed by atoms with Crippen LogP contribution < -0.4 is 0 Å². The lowest BCUT2D eigenvalue weighted by atomic mass is 10.0. The van der Waals surface area contributed by atoms with Gasteiger partial charge in [-0.3, -0.25) is 0 Å². The smallest absolute Gasteiger partial charge is 0.0836 e. The van der Waals surface area contributed by atoms with Crippen molar-refractivity contribution in [2.24, 2.45) is 0 Å². The summed E-state index contributed by atoms with van der Waals surface area (Å²) in [5.74, 6) is 0. The van der Waals surface area contributed by atoms with Crippen molar-refractivity contribution in [3.8, 4) is 0 Å². The number of hydrogen-bond donors (Lipinski definition) is 0. The van der Waals surface area contributed by atoms with Crippen LogP contribution in [0, 0.1) is 6.61 Å². The Morgan fingerprint density at radius 3 is 0.968 bits per heavy atom. The Labute approximate surface area is 198 Å². The van der Waals surface area contributed by atoms with E-state index >= 15 is 0 Å². The third-order valence-electron chi connectivity index (χ3n) is 6.66. The van der Waals surface area contributed by atoms with Gasteiger partial charge in [0.15, 0.2) is 0 Å². The molecular weight excluding hydrogens is 376 g/mol. The zero-order valence-corrected chi connectivity index (χ0v) is 22.1. The van der Waals surface area contributed by atoms with Crippen LogP contribution >= 0.6 is 0 Å². The number of ether oxygens (including phenoxy) is 1. The fraction of sp³-hybridized carbons (Fsp3) is 0.967. The average molecular weight is 438 g/mol. The SMILES string of the molecule is CCCCCCCCCCCCCCCCCCCCCCCCC[CH]OCCCC. The molecule has 0 aliphatic carbocycles. The molecule has 0 atom stereocenters. The largest absolute Gasteiger partial charge is 0.376 e. The third-order valence-corrected chi connectivity index (χ3v) is 6.66. The predicted octanol–water partition coefficient (Wildman–Crippen LogP) is 11.3. The van der Waals surface area contributed by atoms with Crippen LogP contribution in [-0.2, 0) is 4.74 Å². The summed E-state index contributed by atoms with van der Waals surface area (Å²) in [6.45, 7) is 7.46. The van der Waals surface area contributed by atoms with Crippen LogP contribution in [0.2, 0.25) is 0 Å². The zero-order valence-electron chi connectivity index (χ0n) is 22.1. The van der Waals surface area contributed by atoms with Crippen LogP contribution in [0.5, 0.6) is 0 Å². The molecular formula is C30H61O. The summed E-state index contributed by atoms with van der Waals surface area (Å²) >= 11 is 0. The van der Waals surface area contributed by atoms with E-state index in [1.54, 1.807) is 0 Å². The van der Waals surface area contributed by atoms with E-state index in [0.717, 1.165) is 13.0 Å². The van der Waals surface area contributed by atoms with Gasteiger partial charge < -0.3 is 4.74 Å². The molecule has 0 aliphatic rings. The highest BCUT2D eigenvalue weighted by Crippen LogP contribution is 2.15. The van der Waals surface area contributed by atoms with E-state index in [0.29, 0.717) is 0 Å². The Kier molecular flexibility index (Phi) is 29.9. The fourth-order valence-corrected chi connectivity index (χ4v) is 4.41. The van der Waals surface area contributed by atoms with E-state index < -0.39 is 0 Å². The molecule has 0 amide bonds. The summed E-state index contributed by atoms with van der Waals surface area (Å²) in [4.78, 5) is 0. The van der Waals surface area contributed by atoms with Crippen molar-refractivity contribution in [2.75, 3.05) is 6.61 Å². The molecule has 31 heavy (non-hydrogen) atoms. The number of rotatable bonds is 28. The van der Waals surface area contributed by atoms with E-state index in [-0.39, 0.29) is 0 Å². The summed E-state index contributed by atoms with van der Waals surface area (Å²) in [6.07, 6.45) is 37.0. The minimum absolute atomic E-state index is 0.913. The quantitative estimate of drug-likeness (QED) is 0.111. The highest BCUT2D eigenvalue weighted by atomic mass is 16.5. The molecule has 0 fully saturated rings. The van der Waals surface area contributed by atoms with E-state index in [9.17, 15) is 0 Å². The minimum Gasteiger partial charge on any atom is -0.376 e. The second kappa shape index (κ2) is 30.0. The van der Waals surface area contributed by atoms with Crippen LogP contribution in [0.15, 0.2) is 0 Å². The Bertz CT molecular complexity index is 260. The molecule has 0 saturated carbocycles. The first-order valence-corrected chi connectivity index (χ1v) is 14.8. The first-order valence-electron chi connectivity index (χ1n) is 14.8. The first-order chi connectivity index (χ1) is 15.4. The van der Waals surface area contributed by atoms with Crippen molar-refractivity contribution in [1.29, 1.82) is 0 Å². The van der Waals surface area contributed by atoms with Crippen LogP contribution in [0.4, 0.5) is 0 Å². The van der Waals surface area contributed by atoms with Gasteiger partial charge in [0.1, 0.15) is 0 Å². The lowest BCUT2D eigenvalue weighted by molar-refractivity contribution is 0.185. The van der Waals surface area contributed by atoms with Crippen LogP contribution in [0.3, 0.4) is 0 Å². The Hall–Kier alpha value is -0.0400. The van der Waals surface area contributed by atoms with Gasteiger partial charge in [-0.2, -0.15) is 0 Å². The number of unbranched alkanes of at least 4 members (excludes halogenated alkanes) is 24. The van der Waals surface area contributed by atoms with Crippen molar-refractivity contribution in [2.45, 2.75) is 181 Å². The molecule has 0 aliphatic heterocycles. The van der Waals surface area contributed by atoms with Gasteiger partial charge in [0.2, 0.25) is 0 Å². The summed E-state index contributed by atoms with van der Waals surface area (Å²) in [5, 5.41) is 0. The van der Waals surface area contributed by atoms with E-state index in [1.165, 1.54) is 161 Å². The molecule has 0 saturated heterocycles. The van der Waals surface area contributed by atoms with Gasteiger partial charge >= 0.3 is 0 Å². The Morgan fingerprint density at radius 2 is 0.645 bits per heavy atom. The molecule has 0 aromatic rings. The van der Waals surface area contributed by atoms with Crippen molar-refractivity contribution < 1.29 is 4.74 Å². The average Bonchev–Trinajstić information content (AvgIpc) is 2.78. The molecule has 1 radical (unpaired) electrons. The lowest BCUT2D eigenvalue weighted by Gasteiger charge is -2.04. The molecule has 0 aromatic heterocycles. The summed E-state index contributed by atoms with van der Waals surface area (Å²) < 4.78 is 5.50. The van der Waals surface area contributed by atoms with E-state index in [2.05, 4.69) is 13.8 Å². The molecule has 0 heterocycles. The standard InChI is InChI=1S/C30H61O/c1-3-5-7-8-9-10-11-12-13-14-15-16-17-18-19-20-21-22-23-24-25-26-27-28-30-31-29-6-4-2/h30H,3-29H2,1-2H3. The molecule has 0 rings (SSSR count). The molecule has 1 heteroatoms. The molecule has 0 N–H and O–H groups in total. The summed E-state index contributed by atoms with van der Waals surface area (Å²) in [5.41, 5.74) is 0. The maximum Gasteiger partial charge on any atom is 0.0836 e. The van der Waals surface area contributed by atoms with Gasteiger partial charge in [-0.05, 0) is 12.8 Å². The highest BCUT2D eigenvalue weighted by molar-refractivity contribution is 4.54. The van der Waals surface area contributed by atoms with Crippen LogP contribution in [0.25, 0.3) is 0 Å². The Morgan fingerprint density at radius 1 is 0.355 bits per heavy atom. The lowest BCUT2D eigenvalue weighted by Crippen LogP contribution is -1.91. The van der Waals surface area contributed by atoms with Gasteiger partial charge in [0, 0.05) is 6.61 Å². The number of hydrogen-bond acceptors (Lipinski definition) is 1. The molecule has 1 nitrogen and oxygen atoms in total. The third kappa shape index (κ3) is 30.0. The monoisotopic (exact) mass is 437 g/mol. The van der Waals surface area contributed by atoms with Crippen molar-refractivity contribution >= 4 is 0 Å². The van der Waals surface area contributed by atoms with Gasteiger partial charge in [0.25, 0.3) is 0 Å². The van der Waals surface area contributed by atoms with Gasteiger partial charge in [-0.25, -0.2) is 0 Å². The van der Waals surface area contributed by atoms with E-state index in [4.69, 9.17) is 4.74 Å². The van der Waals surface area contributed by atoms with Gasteiger partial charge in [-0.1, -0.05) is 168 Å². The fourth-order valence-electron chi connectivity index (χ4n) is 4.41.